The molecule has 1 heterocycles. The lowest BCUT2D eigenvalue weighted by atomic mass is 10.2. The minimum absolute atomic E-state index is 0. The number of halogens is 2. The van der Waals surface area contributed by atoms with Gasteiger partial charge in [0.1, 0.15) is 0 Å². The molecule has 1 aromatic heterocycles. The zero-order valence-corrected chi connectivity index (χ0v) is 19.6. The van der Waals surface area contributed by atoms with E-state index in [0.29, 0.717) is 18.9 Å². The summed E-state index contributed by atoms with van der Waals surface area (Å²) >= 11 is 3.46. The van der Waals surface area contributed by atoms with Crippen LogP contribution in [-0.4, -0.2) is 41.1 Å². The van der Waals surface area contributed by atoms with Gasteiger partial charge in [0.2, 0.25) is 5.89 Å². The summed E-state index contributed by atoms with van der Waals surface area (Å²) in [5.41, 5.74) is 1.23. The Hall–Kier alpha value is -1.16. The maximum atomic E-state index is 5.27. The molecule has 0 atom stereocenters. The summed E-state index contributed by atoms with van der Waals surface area (Å²) in [6.45, 7) is 8.38. The van der Waals surface area contributed by atoms with Gasteiger partial charge in [0, 0.05) is 36.9 Å². The molecule has 2 rings (SSSR count). The zero-order chi connectivity index (χ0) is 18.2. The maximum Gasteiger partial charge on any atom is 0.228 e. The molecule has 26 heavy (non-hydrogen) atoms. The minimum atomic E-state index is 0. The number of hydrogen-bond donors (Lipinski definition) is 1. The van der Waals surface area contributed by atoms with Gasteiger partial charge in [-0.1, -0.05) is 47.1 Å². The number of benzene rings is 1. The Balaban J connectivity index is 0.00000338. The molecular formula is C18H27BrIN5O. The topological polar surface area (TPSA) is 66.5 Å². The molecule has 0 spiro atoms. The molecule has 0 fully saturated rings. The standard InChI is InChI=1S/C18H26BrN5O.HI/c1-5-20-18(24(4)12-14-6-8-15(19)9-7-14)21-11-10-16-22-17(13(2)3)23-25-16;/h6-9,13H,5,10-12H2,1-4H3,(H,20,21);1H. The second-order valence-corrected chi connectivity index (χ2v) is 7.08. The Morgan fingerprint density at radius 1 is 1.31 bits per heavy atom. The highest BCUT2D eigenvalue weighted by atomic mass is 127. The fraction of sp³-hybridized carbons (Fsp3) is 0.500. The van der Waals surface area contributed by atoms with E-state index in [1.807, 2.05) is 20.9 Å². The predicted molar refractivity (Wildman–Crippen MR) is 119 cm³/mol. The first kappa shape index (κ1) is 22.9. The van der Waals surface area contributed by atoms with Crippen molar-refractivity contribution in [3.05, 3.63) is 46.0 Å². The molecule has 0 bridgehead atoms. The summed E-state index contributed by atoms with van der Waals surface area (Å²) in [7, 11) is 2.03. The van der Waals surface area contributed by atoms with Gasteiger partial charge in [0.05, 0.1) is 6.54 Å². The molecule has 144 valence electrons. The van der Waals surface area contributed by atoms with Gasteiger partial charge in [0.15, 0.2) is 11.8 Å². The van der Waals surface area contributed by atoms with E-state index < -0.39 is 0 Å². The van der Waals surface area contributed by atoms with Crippen LogP contribution >= 0.6 is 39.9 Å². The van der Waals surface area contributed by atoms with Crippen LogP contribution in [0.1, 0.15) is 44.0 Å². The van der Waals surface area contributed by atoms with Gasteiger partial charge in [-0.3, -0.25) is 4.99 Å². The second kappa shape index (κ2) is 11.5. The van der Waals surface area contributed by atoms with Gasteiger partial charge >= 0.3 is 0 Å². The third kappa shape index (κ3) is 7.22. The van der Waals surface area contributed by atoms with E-state index in [2.05, 4.69) is 72.5 Å². The van der Waals surface area contributed by atoms with Crippen molar-refractivity contribution in [3.8, 4) is 0 Å². The van der Waals surface area contributed by atoms with E-state index in [4.69, 9.17) is 4.52 Å². The SMILES string of the molecule is CCNC(=NCCc1nc(C(C)C)no1)N(C)Cc1ccc(Br)cc1.I. The lowest BCUT2D eigenvalue weighted by molar-refractivity contribution is 0.372. The number of aliphatic imine (C=N–C) groups is 1. The summed E-state index contributed by atoms with van der Waals surface area (Å²) in [6.07, 6.45) is 0.640. The van der Waals surface area contributed by atoms with Crippen molar-refractivity contribution in [2.45, 2.75) is 39.7 Å². The number of guanidine groups is 1. The quantitative estimate of drug-likeness (QED) is 0.327. The van der Waals surface area contributed by atoms with Gasteiger partial charge in [-0.15, -0.1) is 24.0 Å². The van der Waals surface area contributed by atoms with Gasteiger partial charge in [-0.25, -0.2) is 0 Å². The summed E-state index contributed by atoms with van der Waals surface area (Å²) in [6, 6.07) is 8.32. The molecular weight excluding hydrogens is 509 g/mol. The monoisotopic (exact) mass is 535 g/mol. The molecule has 0 radical (unpaired) electrons. The van der Waals surface area contributed by atoms with Crippen LogP contribution in [0.4, 0.5) is 0 Å². The summed E-state index contributed by atoms with van der Waals surface area (Å²) in [4.78, 5) is 11.2. The third-order valence-electron chi connectivity index (χ3n) is 3.62. The normalized spacial score (nSPS) is 11.4. The second-order valence-electron chi connectivity index (χ2n) is 6.17. The van der Waals surface area contributed by atoms with Crippen LogP contribution in [0.5, 0.6) is 0 Å². The van der Waals surface area contributed by atoms with Gasteiger partial charge < -0.3 is 14.7 Å². The Kier molecular flexibility index (Phi) is 10.1. The molecule has 0 amide bonds. The predicted octanol–water partition coefficient (Wildman–Crippen LogP) is 4.21. The highest BCUT2D eigenvalue weighted by Gasteiger charge is 2.10. The molecule has 8 heteroatoms. The number of hydrogen-bond acceptors (Lipinski definition) is 4. The zero-order valence-electron chi connectivity index (χ0n) is 15.7. The van der Waals surface area contributed by atoms with E-state index in [1.165, 1.54) is 5.56 Å². The molecule has 0 aliphatic heterocycles. The molecule has 0 aliphatic rings. The lowest BCUT2D eigenvalue weighted by Gasteiger charge is -2.22. The van der Waals surface area contributed by atoms with Crippen molar-refractivity contribution in [3.63, 3.8) is 0 Å². The molecule has 1 N–H and O–H groups in total. The molecule has 1 aromatic carbocycles. The summed E-state index contributed by atoms with van der Waals surface area (Å²) in [5, 5.41) is 7.31. The van der Waals surface area contributed by atoms with Crippen molar-refractivity contribution in [1.82, 2.24) is 20.4 Å². The van der Waals surface area contributed by atoms with Crippen molar-refractivity contribution >= 4 is 45.9 Å². The largest absolute Gasteiger partial charge is 0.357 e. The number of aromatic nitrogens is 2. The van der Waals surface area contributed by atoms with E-state index in [1.54, 1.807) is 0 Å². The molecule has 6 nitrogen and oxygen atoms in total. The average Bonchev–Trinajstić information content (AvgIpc) is 3.05. The number of rotatable bonds is 7. The van der Waals surface area contributed by atoms with Crippen molar-refractivity contribution < 1.29 is 4.52 Å². The Morgan fingerprint density at radius 3 is 2.58 bits per heavy atom. The van der Waals surface area contributed by atoms with Crippen LogP contribution in [0.3, 0.4) is 0 Å². The molecule has 0 aliphatic carbocycles. The fourth-order valence-electron chi connectivity index (χ4n) is 2.27. The Morgan fingerprint density at radius 2 is 2.00 bits per heavy atom. The van der Waals surface area contributed by atoms with Gasteiger partial charge in [-0.05, 0) is 24.6 Å². The van der Waals surface area contributed by atoms with E-state index in [9.17, 15) is 0 Å². The van der Waals surface area contributed by atoms with Crippen molar-refractivity contribution in [2.75, 3.05) is 20.1 Å². The average molecular weight is 536 g/mol. The lowest BCUT2D eigenvalue weighted by Crippen LogP contribution is -2.38. The van der Waals surface area contributed by atoms with Crippen molar-refractivity contribution in [1.29, 1.82) is 0 Å². The highest BCUT2D eigenvalue weighted by molar-refractivity contribution is 14.0. The molecule has 0 unspecified atom stereocenters. The summed E-state index contributed by atoms with van der Waals surface area (Å²) < 4.78 is 6.35. The third-order valence-corrected chi connectivity index (χ3v) is 4.15. The Labute approximate surface area is 181 Å². The van der Waals surface area contributed by atoms with Crippen LogP contribution in [0.15, 0.2) is 38.3 Å². The van der Waals surface area contributed by atoms with E-state index >= 15 is 0 Å². The van der Waals surface area contributed by atoms with Crippen LogP contribution < -0.4 is 5.32 Å². The highest BCUT2D eigenvalue weighted by Crippen LogP contribution is 2.12. The fourth-order valence-corrected chi connectivity index (χ4v) is 2.53. The Bertz CT molecular complexity index is 687. The number of nitrogens with zero attached hydrogens (tertiary/aromatic N) is 4. The van der Waals surface area contributed by atoms with E-state index in [-0.39, 0.29) is 29.9 Å². The van der Waals surface area contributed by atoms with Crippen LogP contribution in [0.25, 0.3) is 0 Å². The van der Waals surface area contributed by atoms with E-state index in [0.717, 1.165) is 29.3 Å². The smallest absolute Gasteiger partial charge is 0.228 e. The first-order valence-corrected chi connectivity index (χ1v) is 9.35. The van der Waals surface area contributed by atoms with Crippen molar-refractivity contribution in [2.24, 2.45) is 4.99 Å². The molecule has 0 saturated carbocycles. The van der Waals surface area contributed by atoms with Crippen LogP contribution in [-0.2, 0) is 13.0 Å². The van der Waals surface area contributed by atoms with Crippen LogP contribution in [0, 0.1) is 0 Å². The maximum absolute atomic E-state index is 5.27. The van der Waals surface area contributed by atoms with Gasteiger partial charge in [0.25, 0.3) is 0 Å². The van der Waals surface area contributed by atoms with Crippen LogP contribution in [0.2, 0.25) is 0 Å². The molecule has 0 saturated heterocycles. The molecule has 2 aromatic rings. The first-order chi connectivity index (χ1) is 12.0. The summed E-state index contributed by atoms with van der Waals surface area (Å²) in [5.74, 6) is 2.53. The number of nitrogens with one attached hydrogen (secondary N) is 1. The van der Waals surface area contributed by atoms with Gasteiger partial charge in [-0.2, -0.15) is 4.98 Å². The first-order valence-electron chi connectivity index (χ1n) is 8.56. The minimum Gasteiger partial charge on any atom is -0.357 e.